The molecule has 4 rings (SSSR count). The maximum Gasteiger partial charge on any atom is 0.573 e. The first-order valence-corrected chi connectivity index (χ1v) is 13.3. The Morgan fingerprint density at radius 3 is 2.12 bits per heavy atom. The Morgan fingerprint density at radius 1 is 0.907 bits per heavy atom. The van der Waals surface area contributed by atoms with Crippen LogP contribution in [0.3, 0.4) is 0 Å². The number of carbonyl (C=O) groups excluding carboxylic acids is 1. The highest BCUT2D eigenvalue weighted by Gasteiger charge is 2.31. The fraction of sp³-hybridized carbons (Fsp3) is 0.258. The van der Waals surface area contributed by atoms with Gasteiger partial charge < -0.3 is 28.6 Å². The zero-order chi connectivity index (χ0) is 31.1. The summed E-state index contributed by atoms with van der Waals surface area (Å²) in [6.07, 6.45) is -4.83. The monoisotopic (exact) mass is 598 g/mol. The van der Waals surface area contributed by atoms with Gasteiger partial charge in [-0.25, -0.2) is 9.78 Å². The predicted molar refractivity (Wildman–Crippen MR) is 150 cm³/mol. The normalized spacial score (nSPS) is 11.2. The van der Waals surface area contributed by atoms with E-state index in [4.69, 9.17) is 19.0 Å². The second-order valence-corrected chi connectivity index (χ2v) is 9.31. The Kier molecular flexibility index (Phi) is 9.59. The zero-order valence-electron chi connectivity index (χ0n) is 23.6. The summed E-state index contributed by atoms with van der Waals surface area (Å²) >= 11 is 0. The topological polar surface area (TPSA) is 111 Å². The lowest BCUT2D eigenvalue weighted by Gasteiger charge is -2.18. The third-order valence-corrected chi connectivity index (χ3v) is 6.34. The number of ether oxygens (including phenoxy) is 3. The second kappa shape index (κ2) is 13.3. The molecule has 0 saturated heterocycles. The number of halogens is 3. The maximum atomic E-state index is 12.8. The van der Waals surface area contributed by atoms with Crippen LogP contribution in [-0.4, -0.2) is 52.9 Å². The first kappa shape index (κ1) is 30.9. The molecule has 3 aromatic carbocycles. The number of rotatable bonds is 12. The summed E-state index contributed by atoms with van der Waals surface area (Å²) in [5.41, 5.74) is 2.63. The largest absolute Gasteiger partial charge is 0.573 e. The molecule has 9 nitrogen and oxygen atoms in total. The summed E-state index contributed by atoms with van der Waals surface area (Å²) in [6, 6.07) is 16.9. The second-order valence-electron chi connectivity index (χ2n) is 9.31. The molecule has 1 amide bonds. The van der Waals surface area contributed by atoms with E-state index >= 15 is 0 Å². The number of aromatic nitrogens is 1. The van der Waals surface area contributed by atoms with Gasteiger partial charge in [0.1, 0.15) is 22.9 Å². The van der Waals surface area contributed by atoms with Crippen molar-refractivity contribution in [2.75, 3.05) is 19.7 Å². The van der Waals surface area contributed by atoms with Gasteiger partial charge in [0.15, 0.2) is 19.0 Å². The summed E-state index contributed by atoms with van der Waals surface area (Å²) in [7, 11) is 0. The van der Waals surface area contributed by atoms with E-state index in [0.717, 1.165) is 0 Å². The lowest BCUT2D eigenvalue weighted by molar-refractivity contribution is -0.274. The van der Waals surface area contributed by atoms with Crippen LogP contribution in [0.5, 0.6) is 17.2 Å². The van der Waals surface area contributed by atoms with Crippen LogP contribution in [0.4, 0.5) is 13.2 Å². The first-order chi connectivity index (χ1) is 20.5. The van der Waals surface area contributed by atoms with Crippen molar-refractivity contribution in [3.05, 3.63) is 83.7 Å². The number of carbonyl (C=O) groups is 2. The molecule has 0 radical (unpaired) electrons. The zero-order valence-corrected chi connectivity index (χ0v) is 23.6. The Bertz CT molecular complexity index is 1560. The number of hydrogen-bond acceptors (Lipinski definition) is 7. The molecule has 1 aromatic heterocycles. The van der Waals surface area contributed by atoms with Gasteiger partial charge in [-0.1, -0.05) is 12.1 Å². The van der Waals surface area contributed by atoms with Gasteiger partial charge in [-0.3, -0.25) is 4.79 Å². The van der Waals surface area contributed by atoms with Gasteiger partial charge in [-0.2, -0.15) is 0 Å². The molecule has 0 unspecified atom stereocenters. The number of benzene rings is 3. The molecule has 0 bridgehead atoms. The predicted octanol–water partition coefficient (Wildman–Crippen LogP) is 6.74. The van der Waals surface area contributed by atoms with Crippen molar-refractivity contribution in [3.63, 3.8) is 0 Å². The molecule has 4 aromatic rings. The van der Waals surface area contributed by atoms with Gasteiger partial charge in [-0.15, -0.1) is 13.2 Å². The van der Waals surface area contributed by atoms with Crippen LogP contribution in [-0.2, 0) is 11.4 Å². The molecule has 1 heterocycles. The van der Waals surface area contributed by atoms with Crippen molar-refractivity contribution in [2.24, 2.45) is 0 Å². The van der Waals surface area contributed by atoms with Gasteiger partial charge in [0, 0.05) is 29.8 Å². The third-order valence-electron chi connectivity index (χ3n) is 6.34. The fourth-order valence-electron chi connectivity index (χ4n) is 4.25. The number of carboxylic acids is 1. The van der Waals surface area contributed by atoms with E-state index in [1.54, 1.807) is 54.3 Å². The minimum atomic E-state index is -4.83. The molecule has 0 aliphatic carbocycles. The minimum Gasteiger partial charge on any atom is -0.484 e. The fourth-order valence-corrected chi connectivity index (χ4v) is 4.25. The quantitative estimate of drug-likeness (QED) is 0.191. The summed E-state index contributed by atoms with van der Waals surface area (Å²) in [6.45, 7) is 6.11. The van der Waals surface area contributed by atoms with Crippen molar-refractivity contribution in [1.29, 1.82) is 0 Å². The number of hydrogen-bond donors (Lipinski definition) is 1. The van der Waals surface area contributed by atoms with Crippen molar-refractivity contribution in [3.8, 4) is 39.8 Å². The van der Waals surface area contributed by atoms with Crippen molar-refractivity contribution < 1.29 is 46.5 Å². The van der Waals surface area contributed by atoms with Crippen LogP contribution in [0, 0.1) is 6.92 Å². The van der Waals surface area contributed by atoms with Crippen LogP contribution in [0.1, 0.15) is 35.7 Å². The van der Waals surface area contributed by atoms with E-state index in [1.165, 1.54) is 24.3 Å². The molecule has 0 aliphatic rings. The van der Waals surface area contributed by atoms with Crippen molar-refractivity contribution in [1.82, 2.24) is 9.88 Å². The Hall–Kier alpha value is -5.00. The average Bonchev–Trinajstić information content (AvgIpc) is 3.40. The number of alkyl halides is 3. The molecule has 43 heavy (non-hydrogen) atoms. The third kappa shape index (κ3) is 8.06. The number of aliphatic carboxylic acids is 1. The summed E-state index contributed by atoms with van der Waals surface area (Å²) in [5.74, 6) is -0.262. The first-order valence-electron chi connectivity index (χ1n) is 13.3. The van der Waals surface area contributed by atoms with Gasteiger partial charge in [0.05, 0.1) is 0 Å². The molecular weight excluding hydrogens is 569 g/mol. The molecule has 0 fully saturated rings. The Labute approximate surface area is 245 Å². The van der Waals surface area contributed by atoms with Gasteiger partial charge in [-0.05, 0) is 80.9 Å². The average molecular weight is 599 g/mol. The smallest absolute Gasteiger partial charge is 0.484 e. The number of nitrogens with zero attached hydrogens (tertiary/aromatic N) is 2. The highest BCUT2D eigenvalue weighted by molar-refractivity contribution is 5.95. The van der Waals surface area contributed by atoms with Crippen LogP contribution in [0.15, 0.2) is 71.1 Å². The van der Waals surface area contributed by atoms with Crippen LogP contribution in [0.25, 0.3) is 22.6 Å². The Morgan fingerprint density at radius 2 is 1.53 bits per heavy atom. The number of aryl methyl sites for hydroxylation is 1. The summed E-state index contributed by atoms with van der Waals surface area (Å²) in [4.78, 5) is 29.8. The lowest BCUT2D eigenvalue weighted by Crippen LogP contribution is -2.30. The number of amides is 1. The van der Waals surface area contributed by atoms with Crippen molar-refractivity contribution >= 4 is 11.9 Å². The van der Waals surface area contributed by atoms with Crippen LogP contribution in [0.2, 0.25) is 0 Å². The Balaban J connectivity index is 1.62. The van der Waals surface area contributed by atoms with Gasteiger partial charge in [0.25, 0.3) is 5.91 Å². The summed E-state index contributed by atoms with van der Waals surface area (Å²) in [5, 5.41) is 8.82. The molecule has 226 valence electrons. The standard InChI is InChI=1S/C31H29F3N2O7/c1-4-36(5-2)30(39)22-8-6-20(7-9-22)28-29(21-10-12-23(13-11-21)43-31(32,33)34)42-26(35-28)17-40-24-14-15-25(19(3)16-24)41-18-27(37)38/h6-16H,4-5,17-18H2,1-3H3,(H,37,38). The van der Waals surface area contributed by atoms with E-state index < -0.39 is 18.9 Å². The van der Waals surface area contributed by atoms with Crippen LogP contribution < -0.4 is 14.2 Å². The van der Waals surface area contributed by atoms with E-state index in [2.05, 4.69) is 9.72 Å². The minimum absolute atomic E-state index is 0.0877. The summed E-state index contributed by atoms with van der Waals surface area (Å²) < 4.78 is 59.1. The van der Waals surface area contributed by atoms with Crippen LogP contribution >= 0.6 is 0 Å². The lowest BCUT2D eigenvalue weighted by atomic mass is 10.0. The van der Waals surface area contributed by atoms with Gasteiger partial charge >= 0.3 is 12.3 Å². The van der Waals surface area contributed by atoms with E-state index in [9.17, 15) is 22.8 Å². The maximum absolute atomic E-state index is 12.8. The molecule has 12 heteroatoms. The van der Waals surface area contributed by atoms with Gasteiger partial charge in [0.2, 0.25) is 5.89 Å². The molecular formula is C31H29F3N2O7. The van der Waals surface area contributed by atoms with E-state index in [-0.39, 0.29) is 29.9 Å². The van der Waals surface area contributed by atoms with Crippen molar-refractivity contribution in [2.45, 2.75) is 33.7 Å². The molecule has 0 aliphatic heterocycles. The highest BCUT2D eigenvalue weighted by atomic mass is 19.4. The molecule has 0 atom stereocenters. The molecule has 0 saturated carbocycles. The molecule has 0 spiro atoms. The molecule has 1 N–H and O–H groups in total. The van der Waals surface area contributed by atoms with E-state index in [0.29, 0.717) is 52.5 Å². The highest BCUT2D eigenvalue weighted by Crippen LogP contribution is 2.35. The number of carboxylic acid groups (broad SMARTS) is 1. The van der Waals surface area contributed by atoms with E-state index in [1.807, 2.05) is 13.8 Å². The SMILES string of the molecule is CCN(CC)C(=O)c1ccc(-c2nc(COc3ccc(OCC(=O)O)c(C)c3)oc2-c2ccc(OC(F)(F)F)cc2)cc1. The number of oxazole rings is 1.